The lowest BCUT2D eigenvalue weighted by molar-refractivity contribution is 0.0779. The highest BCUT2D eigenvalue weighted by Gasteiger charge is 2.42. The molecule has 2 aliphatic heterocycles. The summed E-state index contributed by atoms with van der Waals surface area (Å²) in [5, 5.41) is 3.77. The summed E-state index contributed by atoms with van der Waals surface area (Å²) < 4.78 is 55.8. The maximum Gasteiger partial charge on any atom is 0.261 e. The number of carbonyl (C=O) groups is 1. The summed E-state index contributed by atoms with van der Waals surface area (Å²) in [4.78, 5) is 23.5. The largest absolute Gasteiger partial charge is 0.497 e. The molecule has 2 saturated heterocycles. The van der Waals surface area contributed by atoms with Crippen molar-refractivity contribution in [2.45, 2.75) is 50.6 Å². The molecule has 0 saturated carbocycles. The number of imidazole rings is 1. The van der Waals surface area contributed by atoms with E-state index in [9.17, 15) is 13.2 Å². The summed E-state index contributed by atoms with van der Waals surface area (Å²) in [6, 6.07) is 20.5. The Morgan fingerprint density at radius 1 is 0.927 bits per heavy atom. The third-order valence-corrected chi connectivity index (χ3v) is 10.4. The van der Waals surface area contributed by atoms with Gasteiger partial charge in [-0.3, -0.25) is 9.35 Å². The number of piperidine rings is 1. The number of para-hydroxylation sites is 2. The van der Waals surface area contributed by atoms with Gasteiger partial charge in [-0.1, -0.05) is 24.3 Å². The molecule has 1 amide bonds. The molecule has 1 atom stereocenters. The van der Waals surface area contributed by atoms with Crippen LogP contribution < -0.4 is 24.3 Å². The zero-order valence-corrected chi connectivity index (χ0v) is 33.6. The number of benzene rings is 3. The summed E-state index contributed by atoms with van der Waals surface area (Å²) in [5.41, 5.74) is 3.71. The van der Waals surface area contributed by atoms with Crippen LogP contribution in [-0.4, -0.2) is 125 Å². The normalized spacial score (nSPS) is 17.8. The Hall–Kier alpha value is -4.57. The third-order valence-electron chi connectivity index (χ3n) is 10.4. The van der Waals surface area contributed by atoms with E-state index in [1.807, 2.05) is 30.0 Å². The van der Waals surface area contributed by atoms with Gasteiger partial charge in [0.25, 0.3) is 16.0 Å². The van der Waals surface area contributed by atoms with E-state index in [0.717, 1.165) is 74.6 Å². The molecule has 55 heavy (non-hydrogen) atoms. The number of aromatic nitrogens is 2. The van der Waals surface area contributed by atoms with Crippen molar-refractivity contribution in [3.05, 3.63) is 71.8 Å². The number of amides is 1. The molecule has 0 bridgehead atoms. The van der Waals surface area contributed by atoms with Crippen molar-refractivity contribution >= 4 is 33.0 Å². The molecule has 2 aliphatic rings. The van der Waals surface area contributed by atoms with Gasteiger partial charge in [-0.15, -0.1) is 0 Å². The predicted octanol–water partition coefficient (Wildman–Crippen LogP) is 5.36. The van der Waals surface area contributed by atoms with Crippen molar-refractivity contribution in [3.8, 4) is 23.0 Å². The highest BCUT2D eigenvalue weighted by Crippen LogP contribution is 2.42. The fourth-order valence-electron chi connectivity index (χ4n) is 7.53. The SMILES string of the molecule is CCOCCn1c(NC2CCN(CCC3(c4ccc(OC)cc4)CCN(C(=O)c4cc(OC)c(OC)c(OC)c4)C3)CC2)nc2ccccc21.CS(=O)(=O)O. The fourth-order valence-corrected chi connectivity index (χ4v) is 7.53. The number of likely N-dealkylation sites (tertiary alicyclic amines) is 2. The first-order valence-electron chi connectivity index (χ1n) is 18.6. The van der Waals surface area contributed by atoms with Crippen molar-refractivity contribution < 1.29 is 41.4 Å². The molecule has 1 unspecified atom stereocenters. The number of hydrogen-bond donors (Lipinski definition) is 2. The molecule has 14 nitrogen and oxygen atoms in total. The highest BCUT2D eigenvalue weighted by molar-refractivity contribution is 7.85. The van der Waals surface area contributed by atoms with E-state index in [1.165, 1.54) is 5.56 Å². The van der Waals surface area contributed by atoms with E-state index in [2.05, 4.69) is 45.1 Å². The first-order chi connectivity index (χ1) is 26.4. The Labute approximate surface area is 324 Å². The maximum atomic E-state index is 14.0. The molecule has 1 aromatic heterocycles. The van der Waals surface area contributed by atoms with E-state index in [-0.39, 0.29) is 11.3 Å². The van der Waals surface area contributed by atoms with Crippen LogP contribution in [0.2, 0.25) is 0 Å². The second-order valence-corrected chi connectivity index (χ2v) is 15.4. The predicted molar refractivity (Wildman–Crippen MR) is 213 cm³/mol. The van der Waals surface area contributed by atoms with Gasteiger partial charge in [-0.2, -0.15) is 8.42 Å². The summed E-state index contributed by atoms with van der Waals surface area (Å²) >= 11 is 0. The van der Waals surface area contributed by atoms with Crippen LogP contribution in [0.3, 0.4) is 0 Å². The van der Waals surface area contributed by atoms with Crippen LogP contribution in [0.4, 0.5) is 5.95 Å². The molecule has 0 aliphatic carbocycles. The van der Waals surface area contributed by atoms with Gasteiger partial charge in [0.1, 0.15) is 5.75 Å². The molecule has 2 fully saturated rings. The van der Waals surface area contributed by atoms with Crippen LogP contribution in [0, 0.1) is 0 Å². The Morgan fingerprint density at radius 3 is 2.18 bits per heavy atom. The first-order valence-corrected chi connectivity index (χ1v) is 20.4. The molecule has 3 heterocycles. The van der Waals surface area contributed by atoms with Crippen molar-refractivity contribution in [3.63, 3.8) is 0 Å². The van der Waals surface area contributed by atoms with Gasteiger partial charge in [0.05, 0.1) is 52.3 Å². The third kappa shape index (κ3) is 10.6. The standard InChI is InChI=1S/C39H51N5O6.CH4O3S/c1-6-50-24-23-44-33-10-8-7-9-32(33)41-38(44)40-30-15-19-42(20-16-30)21-17-39(29-11-13-31(46-2)14-12-29)18-22-43(27-39)37(45)28-25-34(47-3)36(49-5)35(26-28)48-4;1-5(2,3)4/h7-14,25-26,30H,6,15-24,27H2,1-5H3,(H,40,41);1H3,(H,2,3,4). The zero-order chi connectivity index (χ0) is 39.6. The van der Waals surface area contributed by atoms with Gasteiger partial charge in [0.15, 0.2) is 11.5 Å². The maximum absolute atomic E-state index is 14.0. The van der Waals surface area contributed by atoms with Gasteiger partial charge < -0.3 is 43.4 Å². The summed E-state index contributed by atoms with van der Waals surface area (Å²) in [5.74, 6) is 3.12. The van der Waals surface area contributed by atoms with Crippen LogP contribution in [0.5, 0.6) is 23.0 Å². The molecular weight excluding hydrogens is 727 g/mol. The van der Waals surface area contributed by atoms with Crippen LogP contribution in [0.1, 0.15) is 48.5 Å². The van der Waals surface area contributed by atoms with Crippen molar-refractivity contribution in [2.24, 2.45) is 0 Å². The number of anilines is 1. The number of nitrogens with one attached hydrogen (secondary N) is 1. The molecule has 6 rings (SSSR count). The van der Waals surface area contributed by atoms with Crippen LogP contribution >= 0.6 is 0 Å². The van der Waals surface area contributed by atoms with Crippen LogP contribution in [0.25, 0.3) is 11.0 Å². The molecule has 3 aromatic carbocycles. The van der Waals surface area contributed by atoms with E-state index < -0.39 is 10.1 Å². The topological polar surface area (TPSA) is 154 Å². The monoisotopic (exact) mass is 781 g/mol. The number of methoxy groups -OCH3 is 4. The molecule has 300 valence electrons. The second kappa shape index (κ2) is 18.8. The lowest BCUT2D eigenvalue weighted by Crippen LogP contribution is -2.42. The lowest BCUT2D eigenvalue weighted by atomic mass is 9.76. The quantitative estimate of drug-likeness (QED) is 0.118. The number of hydrogen-bond acceptors (Lipinski definition) is 11. The number of ether oxygens (including phenoxy) is 5. The first kappa shape index (κ1) is 41.6. The molecule has 4 aromatic rings. The number of carbonyl (C=O) groups excluding carboxylic acids is 1. The van der Waals surface area contributed by atoms with E-state index in [4.69, 9.17) is 33.2 Å². The van der Waals surface area contributed by atoms with Crippen molar-refractivity contribution in [1.82, 2.24) is 19.4 Å². The lowest BCUT2D eigenvalue weighted by Gasteiger charge is -2.36. The average molecular weight is 782 g/mol. The Bertz CT molecular complexity index is 1950. The van der Waals surface area contributed by atoms with E-state index in [1.54, 1.807) is 40.6 Å². The Morgan fingerprint density at radius 2 is 1.58 bits per heavy atom. The minimum atomic E-state index is -3.67. The smallest absolute Gasteiger partial charge is 0.261 e. The van der Waals surface area contributed by atoms with Gasteiger partial charge >= 0.3 is 0 Å². The number of rotatable bonds is 15. The van der Waals surface area contributed by atoms with Gasteiger partial charge in [0, 0.05) is 56.4 Å². The van der Waals surface area contributed by atoms with E-state index in [0.29, 0.717) is 61.4 Å². The van der Waals surface area contributed by atoms with Crippen molar-refractivity contribution in [1.29, 1.82) is 0 Å². The fraction of sp³-hybridized carbons (Fsp3) is 0.500. The molecule has 2 N–H and O–H groups in total. The van der Waals surface area contributed by atoms with Crippen LogP contribution in [-0.2, 0) is 26.8 Å². The zero-order valence-electron chi connectivity index (χ0n) is 32.7. The minimum absolute atomic E-state index is 0.0428. The molecular formula is C40H55N5O9S. The summed E-state index contributed by atoms with van der Waals surface area (Å²) in [6.07, 6.45) is 4.62. The Balaban J connectivity index is 0.00000109. The molecule has 0 spiro atoms. The summed E-state index contributed by atoms with van der Waals surface area (Å²) in [7, 11) is 2.71. The molecule has 0 radical (unpaired) electrons. The van der Waals surface area contributed by atoms with Gasteiger partial charge in [-0.05, 0) is 81.1 Å². The molecule has 15 heteroatoms. The number of nitrogens with zero attached hydrogens (tertiary/aromatic N) is 4. The van der Waals surface area contributed by atoms with Gasteiger partial charge in [-0.25, -0.2) is 4.98 Å². The van der Waals surface area contributed by atoms with Crippen LogP contribution in [0.15, 0.2) is 60.7 Å². The second-order valence-electron chi connectivity index (χ2n) is 13.9. The Kier molecular flexibility index (Phi) is 14.3. The number of fused-ring (bicyclic) bond motifs is 1. The average Bonchev–Trinajstić information content (AvgIpc) is 3.78. The van der Waals surface area contributed by atoms with E-state index >= 15 is 0 Å². The highest BCUT2D eigenvalue weighted by atomic mass is 32.2. The summed E-state index contributed by atoms with van der Waals surface area (Å²) in [6.45, 7) is 8.41. The van der Waals surface area contributed by atoms with Crippen molar-refractivity contribution in [2.75, 3.05) is 85.9 Å². The van der Waals surface area contributed by atoms with Gasteiger partial charge in [0.2, 0.25) is 11.7 Å². The minimum Gasteiger partial charge on any atom is -0.497 e.